The van der Waals surface area contributed by atoms with Gasteiger partial charge in [0, 0.05) is 0 Å². The van der Waals surface area contributed by atoms with Crippen molar-refractivity contribution in [2.75, 3.05) is 0 Å². The van der Waals surface area contributed by atoms with E-state index in [2.05, 4.69) is 157 Å². The van der Waals surface area contributed by atoms with Crippen LogP contribution in [-0.2, 0) is 41.5 Å². The fourth-order valence-corrected chi connectivity index (χ4v) is 5.44. The molecule has 46 heavy (non-hydrogen) atoms. The standard InChI is InChI=1S/C33H33.C5H5.C4H9.CH2.2ClH.Zr/c1-32(2,3)30-20-26-24(18-28(30)22-13-9-7-10-14-22)17-25-19-29(23-15-11-8-12-16-23)31(21-27(25)26)33(4,5)6;1-2-4-5-3-1;1-3-4-2;;;;/h7-16,18,20-21H,17H2,1-6H3;1-3H,4H2;1,3-4H2,2H3;1H2;2*1H;/q3*-1;;;;. The third-order valence-electron chi connectivity index (χ3n) is 7.76. The summed E-state index contributed by atoms with van der Waals surface area (Å²) in [6.45, 7) is 19.6. The topological polar surface area (TPSA) is 0 Å². The van der Waals surface area contributed by atoms with Crippen LogP contribution in [0.25, 0.3) is 33.4 Å². The Morgan fingerprint density at radius 1 is 0.739 bits per heavy atom. The summed E-state index contributed by atoms with van der Waals surface area (Å²) in [6, 6.07) is 32.8. The molecule has 0 spiro atoms. The Morgan fingerprint density at radius 2 is 1.26 bits per heavy atom. The number of halogens is 2. The average Bonchev–Trinajstić information content (AvgIpc) is 3.73. The first-order valence-electron chi connectivity index (χ1n) is 15.8. The summed E-state index contributed by atoms with van der Waals surface area (Å²) in [6.07, 6.45) is 13.2. The number of benzene rings is 4. The molecule has 2 aliphatic rings. The van der Waals surface area contributed by atoms with Gasteiger partial charge in [-0.1, -0.05) is 144 Å². The Labute approximate surface area is 308 Å². The minimum atomic E-state index is 0. The van der Waals surface area contributed by atoms with Gasteiger partial charge in [-0.05, 0) is 39.5 Å². The van der Waals surface area contributed by atoms with Gasteiger partial charge in [-0.3, -0.25) is 6.08 Å². The van der Waals surface area contributed by atoms with E-state index in [9.17, 15) is 0 Å². The normalized spacial score (nSPS) is 12.0. The van der Waals surface area contributed by atoms with Gasteiger partial charge >= 0.3 is 28.4 Å². The summed E-state index contributed by atoms with van der Waals surface area (Å²) in [5, 5.41) is 0. The molecule has 0 aliphatic heterocycles. The summed E-state index contributed by atoms with van der Waals surface area (Å²) in [5.41, 5.74) is 13.5. The van der Waals surface area contributed by atoms with Crippen LogP contribution in [0.1, 0.15) is 90.0 Å². The molecule has 0 aromatic heterocycles. The van der Waals surface area contributed by atoms with Crippen molar-refractivity contribution in [3.8, 4) is 33.4 Å². The van der Waals surface area contributed by atoms with Crippen LogP contribution in [0, 0.1) is 19.1 Å². The predicted octanol–water partition coefficient (Wildman–Crippen LogP) is 12.7. The van der Waals surface area contributed by atoms with Gasteiger partial charge in [0.1, 0.15) is 0 Å². The van der Waals surface area contributed by atoms with Crippen LogP contribution in [-0.4, -0.2) is 4.21 Å². The van der Waals surface area contributed by atoms with Crippen LogP contribution in [0.3, 0.4) is 0 Å². The van der Waals surface area contributed by atoms with Gasteiger partial charge in [-0.25, -0.2) is 12.2 Å². The van der Waals surface area contributed by atoms with Crippen LogP contribution in [0.4, 0.5) is 0 Å². The number of rotatable bonds is 3. The Hall–Kier alpha value is -2.31. The molecule has 0 bridgehead atoms. The third kappa shape index (κ3) is 10.9. The summed E-state index contributed by atoms with van der Waals surface area (Å²) in [5.74, 6) is 0. The first kappa shape index (κ1) is 41.7. The maximum absolute atomic E-state index is 3.88. The molecule has 2 aliphatic carbocycles. The SMILES string of the molecule is CC(C)(C)c1cc2c([c-]c1-c1ccccc1)Cc1cc(-c3ccccc3)c(C(C)(C)C)cc1-2.Cl.Cl.[C-]1=CC=CC1.[CH2-]CCC.[CH2]=[Zr]. The van der Waals surface area contributed by atoms with Crippen molar-refractivity contribution in [2.24, 2.45) is 0 Å². The van der Waals surface area contributed by atoms with Crippen molar-refractivity contribution >= 4 is 29.0 Å². The molecule has 3 heteroatoms. The fraction of sp³-hybridized carbons (Fsp3) is 0.302. The molecule has 0 amide bonds. The van der Waals surface area contributed by atoms with Crippen molar-refractivity contribution in [1.82, 2.24) is 0 Å². The molecule has 0 saturated carbocycles. The van der Waals surface area contributed by atoms with E-state index in [0.717, 1.165) is 19.3 Å². The zero-order valence-corrected chi connectivity index (χ0v) is 32.9. The van der Waals surface area contributed by atoms with E-state index in [1.165, 1.54) is 86.3 Å². The van der Waals surface area contributed by atoms with Gasteiger partial charge in [-0.15, -0.1) is 60.1 Å². The van der Waals surface area contributed by atoms with E-state index < -0.39 is 0 Å². The Balaban J connectivity index is 0.000000704. The summed E-state index contributed by atoms with van der Waals surface area (Å²) in [4.78, 5) is 0. The van der Waals surface area contributed by atoms with Crippen molar-refractivity contribution < 1.29 is 24.2 Å². The second kappa shape index (κ2) is 19.5. The van der Waals surface area contributed by atoms with Crippen LogP contribution in [0.2, 0.25) is 0 Å². The van der Waals surface area contributed by atoms with Gasteiger partial charge in [-0.2, -0.15) is 12.5 Å². The average molecular weight is 730 g/mol. The van der Waals surface area contributed by atoms with Crippen LogP contribution in [0.5, 0.6) is 0 Å². The molecule has 4 aromatic carbocycles. The first-order valence-corrected chi connectivity index (χ1v) is 17.5. The van der Waals surface area contributed by atoms with E-state index in [4.69, 9.17) is 0 Å². The molecule has 0 radical (unpaired) electrons. The van der Waals surface area contributed by atoms with E-state index in [0.29, 0.717) is 0 Å². The molecule has 0 atom stereocenters. The Morgan fingerprint density at radius 3 is 1.70 bits per heavy atom. The monoisotopic (exact) mass is 727 g/mol. The minimum absolute atomic E-state index is 0. The number of unbranched alkanes of at least 4 members (excludes halogenated alkanes) is 1. The van der Waals surface area contributed by atoms with Crippen LogP contribution < -0.4 is 0 Å². The number of fused-ring (bicyclic) bond motifs is 3. The quantitative estimate of drug-likeness (QED) is 0.162. The number of hydrogen-bond acceptors (Lipinski definition) is 0. The Bertz CT molecular complexity index is 1440. The van der Waals surface area contributed by atoms with Gasteiger partial charge in [0.05, 0.1) is 0 Å². The molecule has 6 rings (SSSR count). The second-order valence-corrected chi connectivity index (χ2v) is 13.3. The number of allylic oxidation sites excluding steroid dienone is 4. The molecular weight excluding hydrogens is 679 g/mol. The second-order valence-electron chi connectivity index (χ2n) is 13.3. The molecule has 0 fully saturated rings. The van der Waals surface area contributed by atoms with Crippen molar-refractivity contribution in [2.45, 2.75) is 85.0 Å². The molecule has 4 aromatic rings. The first-order chi connectivity index (χ1) is 21.0. The van der Waals surface area contributed by atoms with Gasteiger partial charge in [0.15, 0.2) is 0 Å². The Kier molecular flexibility index (Phi) is 17.7. The van der Waals surface area contributed by atoms with E-state index >= 15 is 0 Å². The fourth-order valence-electron chi connectivity index (χ4n) is 5.44. The van der Waals surface area contributed by atoms with E-state index in [1.54, 1.807) is 0 Å². The van der Waals surface area contributed by atoms with E-state index in [1.807, 2.05) is 12.2 Å². The summed E-state index contributed by atoms with van der Waals surface area (Å²) in [7, 11) is 0. The summed E-state index contributed by atoms with van der Waals surface area (Å²) >= 11 is 1.30. The van der Waals surface area contributed by atoms with Crippen molar-refractivity contribution in [3.63, 3.8) is 0 Å². The van der Waals surface area contributed by atoms with Crippen LogP contribution >= 0.6 is 24.8 Å². The molecule has 244 valence electrons. The molecular formula is C43H51Cl2Zr-3. The molecule has 0 saturated heterocycles. The molecule has 0 unspecified atom stereocenters. The molecule has 0 N–H and O–H groups in total. The van der Waals surface area contributed by atoms with Crippen LogP contribution in [0.15, 0.2) is 97.1 Å². The maximum atomic E-state index is 3.88. The van der Waals surface area contributed by atoms with Gasteiger partial charge in [0.25, 0.3) is 0 Å². The molecule has 0 nitrogen and oxygen atoms in total. The van der Waals surface area contributed by atoms with Gasteiger partial charge in [0.2, 0.25) is 0 Å². The summed E-state index contributed by atoms with van der Waals surface area (Å²) < 4.78 is 3.34. The van der Waals surface area contributed by atoms with E-state index in [-0.39, 0.29) is 35.6 Å². The third-order valence-corrected chi connectivity index (χ3v) is 7.76. The zero-order valence-electron chi connectivity index (χ0n) is 28.8. The van der Waals surface area contributed by atoms with Crippen molar-refractivity contribution in [3.05, 3.63) is 138 Å². The zero-order chi connectivity index (χ0) is 32.3. The predicted molar refractivity (Wildman–Crippen MR) is 205 cm³/mol. The van der Waals surface area contributed by atoms with Crippen molar-refractivity contribution in [1.29, 1.82) is 0 Å². The van der Waals surface area contributed by atoms with Gasteiger partial charge < -0.3 is 6.92 Å². The number of hydrogen-bond donors (Lipinski definition) is 0. The molecule has 0 heterocycles.